The van der Waals surface area contributed by atoms with E-state index in [0.717, 1.165) is 30.3 Å². The Hall–Kier alpha value is -2.05. The highest BCUT2D eigenvalue weighted by Crippen LogP contribution is 2.52. The van der Waals surface area contributed by atoms with Gasteiger partial charge in [0.2, 0.25) is 10.0 Å². The Balaban J connectivity index is 1.85. The molecule has 12 heteroatoms. The summed E-state index contributed by atoms with van der Waals surface area (Å²) < 4.78 is 122. The highest BCUT2D eigenvalue weighted by molar-refractivity contribution is 7.92. The third kappa shape index (κ3) is 4.48. The van der Waals surface area contributed by atoms with Gasteiger partial charge < -0.3 is 0 Å². The lowest BCUT2D eigenvalue weighted by Crippen LogP contribution is -2.57. The van der Waals surface area contributed by atoms with Crippen molar-refractivity contribution in [1.29, 1.82) is 0 Å². The molecule has 0 amide bonds. The van der Waals surface area contributed by atoms with E-state index in [2.05, 4.69) is 4.72 Å². The summed E-state index contributed by atoms with van der Waals surface area (Å²) in [5.74, 6) is -2.31. The summed E-state index contributed by atoms with van der Waals surface area (Å²) in [6.07, 6.45) is -4.67. The van der Waals surface area contributed by atoms with E-state index in [1.807, 2.05) is 0 Å². The predicted octanol–water partition coefficient (Wildman–Crippen LogP) is 4.92. The van der Waals surface area contributed by atoms with Crippen molar-refractivity contribution < 1.29 is 38.8 Å². The van der Waals surface area contributed by atoms with Crippen LogP contribution in [0.15, 0.2) is 47.4 Å². The van der Waals surface area contributed by atoms with Crippen molar-refractivity contribution in [2.24, 2.45) is 5.92 Å². The molecule has 4 atom stereocenters. The van der Waals surface area contributed by atoms with E-state index in [0.29, 0.717) is 12.1 Å². The fourth-order valence-electron chi connectivity index (χ4n) is 5.38. The first kappa shape index (κ1) is 26.0. The standard InChI is InChI=1S/C23H24F5NO4S2/c1-2-17-11-14-13-22(10-9-21(14)29-35(17,32)33,19-12-16(24)5-8-20(19)25)34(30,31)18-6-3-15(4-7-18)23(26,27)28/h3-8,12,14,17,21,29H,2,9-11,13H2,1H3/t14-,17-,21+,22-/m1/s1. The average molecular weight is 538 g/mol. The molecule has 0 radical (unpaired) electrons. The van der Waals surface area contributed by atoms with Gasteiger partial charge in [-0.05, 0) is 80.5 Å². The van der Waals surface area contributed by atoms with Crippen LogP contribution in [-0.2, 0) is 30.8 Å². The Bertz CT molecular complexity index is 1330. The zero-order valence-corrected chi connectivity index (χ0v) is 20.3. The minimum absolute atomic E-state index is 0.0378. The van der Waals surface area contributed by atoms with E-state index in [1.54, 1.807) is 6.92 Å². The van der Waals surface area contributed by atoms with E-state index in [1.165, 1.54) is 0 Å². The van der Waals surface area contributed by atoms with Crippen LogP contribution in [0.1, 0.15) is 50.2 Å². The van der Waals surface area contributed by atoms with Gasteiger partial charge in [-0.25, -0.2) is 30.3 Å². The fourth-order valence-corrected chi connectivity index (χ4v) is 9.46. The van der Waals surface area contributed by atoms with E-state index in [-0.39, 0.29) is 32.1 Å². The Morgan fingerprint density at radius 1 is 1.09 bits per heavy atom. The molecule has 1 heterocycles. The zero-order chi connectivity index (χ0) is 25.8. The second-order valence-corrected chi connectivity index (χ2v) is 13.4. The van der Waals surface area contributed by atoms with Gasteiger partial charge in [-0.15, -0.1) is 0 Å². The first-order valence-electron chi connectivity index (χ1n) is 11.1. The molecule has 1 aliphatic heterocycles. The normalized spacial score (nSPS) is 28.9. The van der Waals surface area contributed by atoms with Crippen molar-refractivity contribution in [1.82, 2.24) is 4.72 Å². The molecule has 35 heavy (non-hydrogen) atoms. The number of hydrogen-bond donors (Lipinski definition) is 1. The second-order valence-electron chi connectivity index (χ2n) is 9.18. The third-order valence-corrected chi connectivity index (χ3v) is 11.8. The first-order valence-corrected chi connectivity index (χ1v) is 14.1. The molecular weight excluding hydrogens is 513 g/mol. The zero-order valence-electron chi connectivity index (χ0n) is 18.6. The topological polar surface area (TPSA) is 80.3 Å². The van der Waals surface area contributed by atoms with Gasteiger partial charge in [-0.3, -0.25) is 0 Å². The van der Waals surface area contributed by atoms with Gasteiger partial charge in [0.25, 0.3) is 0 Å². The molecule has 1 N–H and O–H groups in total. The van der Waals surface area contributed by atoms with Gasteiger partial charge in [0.05, 0.1) is 15.7 Å². The molecule has 1 saturated carbocycles. The smallest absolute Gasteiger partial charge is 0.223 e. The van der Waals surface area contributed by atoms with Gasteiger partial charge in [0.15, 0.2) is 9.84 Å². The minimum Gasteiger partial charge on any atom is -0.223 e. The molecule has 0 bridgehead atoms. The second kappa shape index (κ2) is 8.81. The maximum absolute atomic E-state index is 15.1. The first-order chi connectivity index (χ1) is 16.2. The van der Waals surface area contributed by atoms with Crippen molar-refractivity contribution in [2.45, 2.75) is 66.1 Å². The van der Waals surface area contributed by atoms with Gasteiger partial charge in [-0.1, -0.05) is 6.92 Å². The molecule has 0 aromatic heterocycles. The number of hydrogen-bond acceptors (Lipinski definition) is 4. The van der Waals surface area contributed by atoms with Gasteiger partial charge in [-0.2, -0.15) is 13.2 Å². The van der Waals surface area contributed by atoms with Crippen molar-refractivity contribution in [2.75, 3.05) is 0 Å². The number of benzene rings is 2. The molecule has 2 fully saturated rings. The molecule has 1 aliphatic carbocycles. The van der Waals surface area contributed by atoms with Crippen LogP contribution < -0.4 is 4.72 Å². The molecular formula is C23H24F5NO4S2. The SMILES string of the molecule is CC[C@@H]1C[C@@H]2C[C@](c3cc(F)ccc3F)(S(=O)(=O)c3ccc(C(F)(F)F)cc3)CC[C@@H]2NS1(=O)=O. The predicted molar refractivity (Wildman–Crippen MR) is 119 cm³/mol. The quantitative estimate of drug-likeness (QED) is 0.562. The van der Waals surface area contributed by atoms with Crippen LogP contribution in [0.4, 0.5) is 22.0 Å². The molecule has 192 valence electrons. The molecule has 2 aliphatic rings. The number of rotatable bonds is 4. The van der Waals surface area contributed by atoms with E-state index >= 15 is 4.39 Å². The summed E-state index contributed by atoms with van der Waals surface area (Å²) in [5, 5.41) is -0.773. The molecule has 4 rings (SSSR count). The largest absolute Gasteiger partial charge is 0.416 e. The molecule has 0 unspecified atom stereocenters. The Kier molecular flexibility index (Phi) is 6.55. The van der Waals surface area contributed by atoms with Crippen LogP contribution >= 0.6 is 0 Å². The number of nitrogens with one attached hydrogen (secondary N) is 1. The number of sulfone groups is 1. The van der Waals surface area contributed by atoms with Crippen molar-refractivity contribution in [3.8, 4) is 0 Å². The van der Waals surface area contributed by atoms with Gasteiger partial charge in [0, 0.05) is 11.6 Å². The van der Waals surface area contributed by atoms with Gasteiger partial charge in [0.1, 0.15) is 16.4 Å². The molecule has 2 aromatic rings. The lowest BCUT2D eigenvalue weighted by atomic mass is 9.72. The monoisotopic (exact) mass is 537 g/mol. The summed E-state index contributed by atoms with van der Waals surface area (Å²) in [7, 11) is -8.14. The number of sulfonamides is 1. The van der Waals surface area contributed by atoms with Crippen LogP contribution in [-0.4, -0.2) is 28.1 Å². The van der Waals surface area contributed by atoms with E-state index < -0.39 is 75.7 Å². The Morgan fingerprint density at radius 2 is 1.74 bits per heavy atom. The van der Waals surface area contributed by atoms with Crippen molar-refractivity contribution in [3.05, 3.63) is 65.2 Å². The van der Waals surface area contributed by atoms with Crippen LogP contribution in [0.25, 0.3) is 0 Å². The van der Waals surface area contributed by atoms with Crippen molar-refractivity contribution >= 4 is 19.9 Å². The summed E-state index contributed by atoms with van der Waals surface area (Å²) in [6, 6.07) is 4.82. The maximum Gasteiger partial charge on any atom is 0.416 e. The highest BCUT2D eigenvalue weighted by atomic mass is 32.2. The summed E-state index contributed by atoms with van der Waals surface area (Å²) in [5.41, 5.74) is -1.45. The van der Waals surface area contributed by atoms with Crippen molar-refractivity contribution in [3.63, 3.8) is 0 Å². The Labute approximate surface area is 200 Å². The molecule has 1 saturated heterocycles. The van der Waals surface area contributed by atoms with E-state index in [9.17, 15) is 34.4 Å². The highest BCUT2D eigenvalue weighted by Gasteiger charge is 2.55. The summed E-state index contributed by atoms with van der Waals surface area (Å²) in [6.45, 7) is 1.69. The van der Waals surface area contributed by atoms with E-state index in [4.69, 9.17) is 0 Å². The molecule has 0 spiro atoms. The van der Waals surface area contributed by atoms with Crippen LogP contribution in [0.3, 0.4) is 0 Å². The average Bonchev–Trinajstić information content (AvgIpc) is 2.79. The number of fused-ring (bicyclic) bond motifs is 1. The summed E-state index contributed by atoms with van der Waals surface area (Å²) >= 11 is 0. The molecule has 2 aromatic carbocycles. The number of alkyl halides is 3. The lowest BCUT2D eigenvalue weighted by molar-refractivity contribution is -0.137. The summed E-state index contributed by atoms with van der Waals surface area (Å²) in [4.78, 5) is -0.448. The van der Waals surface area contributed by atoms with Crippen LogP contribution in [0.2, 0.25) is 0 Å². The third-order valence-electron chi connectivity index (χ3n) is 7.22. The van der Waals surface area contributed by atoms with Crippen LogP contribution in [0.5, 0.6) is 0 Å². The minimum atomic E-state index is -4.68. The number of halogens is 5. The van der Waals surface area contributed by atoms with Crippen LogP contribution in [0, 0.1) is 17.6 Å². The Morgan fingerprint density at radius 3 is 2.34 bits per heavy atom. The maximum atomic E-state index is 15.1. The fraction of sp³-hybridized carbons (Fsp3) is 0.478. The van der Waals surface area contributed by atoms with Gasteiger partial charge >= 0.3 is 6.18 Å². The lowest BCUT2D eigenvalue weighted by Gasteiger charge is -2.47. The molecule has 5 nitrogen and oxygen atoms in total.